The van der Waals surface area contributed by atoms with E-state index in [1.807, 2.05) is 47.8 Å². The predicted molar refractivity (Wildman–Crippen MR) is 105 cm³/mol. The van der Waals surface area contributed by atoms with Gasteiger partial charge in [0.25, 0.3) is 0 Å². The Bertz CT molecular complexity index is 971. The van der Waals surface area contributed by atoms with Crippen molar-refractivity contribution in [3.05, 3.63) is 60.0 Å². The number of carbonyl (C=O) groups is 2. The number of fused-ring (bicyclic) bond motifs is 1. The van der Waals surface area contributed by atoms with Gasteiger partial charge in [-0.15, -0.1) is 11.3 Å². The van der Waals surface area contributed by atoms with Crippen LogP contribution in [0, 0.1) is 0 Å². The summed E-state index contributed by atoms with van der Waals surface area (Å²) in [6.07, 6.45) is 0.233. The van der Waals surface area contributed by atoms with Crippen LogP contribution in [0.15, 0.2) is 60.0 Å². The molecule has 2 aromatic carbocycles. The molecule has 0 radical (unpaired) electrons. The first-order valence-corrected chi connectivity index (χ1v) is 9.41. The quantitative estimate of drug-likeness (QED) is 0.752. The van der Waals surface area contributed by atoms with Crippen LogP contribution < -0.4 is 15.0 Å². The van der Waals surface area contributed by atoms with E-state index in [2.05, 4.69) is 10.3 Å². The molecule has 27 heavy (non-hydrogen) atoms. The molecule has 1 aliphatic heterocycles. The first kappa shape index (κ1) is 17.2. The van der Waals surface area contributed by atoms with E-state index in [4.69, 9.17) is 4.74 Å². The second-order valence-corrected chi connectivity index (χ2v) is 6.86. The lowest BCUT2D eigenvalue weighted by molar-refractivity contribution is -0.121. The molecule has 1 aromatic heterocycles. The first-order valence-electron chi connectivity index (χ1n) is 8.54. The molecule has 3 aromatic rings. The maximum Gasteiger partial charge on any atom is 0.246 e. The van der Waals surface area contributed by atoms with Crippen LogP contribution in [-0.2, 0) is 9.59 Å². The van der Waals surface area contributed by atoms with E-state index in [0.717, 1.165) is 11.3 Å². The summed E-state index contributed by atoms with van der Waals surface area (Å²) in [5.41, 5.74) is 2.41. The van der Waals surface area contributed by atoms with E-state index in [1.165, 1.54) is 16.2 Å². The van der Waals surface area contributed by atoms with Gasteiger partial charge in [-0.25, -0.2) is 4.98 Å². The van der Waals surface area contributed by atoms with Gasteiger partial charge in [0.05, 0.1) is 24.4 Å². The lowest BCUT2D eigenvalue weighted by Crippen LogP contribution is -2.37. The third kappa shape index (κ3) is 3.83. The van der Waals surface area contributed by atoms with Crippen LogP contribution in [0.25, 0.3) is 11.3 Å². The molecular formula is C20H17N3O3S. The Hall–Kier alpha value is -3.19. The second-order valence-electron chi connectivity index (χ2n) is 6.00. The highest BCUT2D eigenvalue weighted by Crippen LogP contribution is 2.31. The summed E-state index contributed by atoms with van der Waals surface area (Å²) < 4.78 is 5.60. The van der Waals surface area contributed by atoms with Gasteiger partial charge in [-0.05, 0) is 12.1 Å². The smallest absolute Gasteiger partial charge is 0.246 e. The van der Waals surface area contributed by atoms with Gasteiger partial charge in [0, 0.05) is 10.9 Å². The second kappa shape index (κ2) is 7.59. The van der Waals surface area contributed by atoms with Crippen molar-refractivity contribution in [2.45, 2.75) is 6.42 Å². The SMILES string of the molecule is O=C(CN1C(=O)CCOc2ccccc21)Nc1nc(-c2ccccc2)cs1. The summed E-state index contributed by atoms with van der Waals surface area (Å²) >= 11 is 1.35. The number of carbonyl (C=O) groups excluding carboxylic acids is 2. The number of para-hydroxylation sites is 2. The summed E-state index contributed by atoms with van der Waals surface area (Å²) in [6, 6.07) is 17.0. The number of nitrogens with zero attached hydrogens (tertiary/aromatic N) is 2. The van der Waals surface area contributed by atoms with Crippen molar-refractivity contribution in [1.82, 2.24) is 4.98 Å². The number of anilines is 2. The van der Waals surface area contributed by atoms with E-state index in [0.29, 0.717) is 23.2 Å². The minimum Gasteiger partial charge on any atom is -0.491 e. The number of hydrogen-bond acceptors (Lipinski definition) is 5. The molecule has 6 nitrogen and oxygen atoms in total. The van der Waals surface area contributed by atoms with Crippen LogP contribution in [0.1, 0.15) is 6.42 Å². The number of amides is 2. The number of ether oxygens (including phenoxy) is 1. The number of benzene rings is 2. The van der Waals surface area contributed by atoms with E-state index < -0.39 is 0 Å². The Kier molecular flexibility index (Phi) is 4.84. The molecule has 0 saturated carbocycles. The molecule has 2 heterocycles. The molecule has 0 fully saturated rings. The number of rotatable bonds is 4. The molecule has 0 atom stereocenters. The summed E-state index contributed by atoms with van der Waals surface area (Å²) in [5, 5.41) is 5.18. The molecule has 0 saturated heterocycles. The molecular weight excluding hydrogens is 362 g/mol. The molecule has 1 N–H and O–H groups in total. The minimum absolute atomic E-state index is 0.0839. The lowest BCUT2D eigenvalue weighted by atomic mass is 10.2. The first-order chi connectivity index (χ1) is 13.2. The fourth-order valence-electron chi connectivity index (χ4n) is 2.87. The largest absolute Gasteiger partial charge is 0.491 e. The fraction of sp³-hybridized carbons (Fsp3) is 0.150. The number of thiazole rings is 1. The topological polar surface area (TPSA) is 71.5 Å². The Morgan fingerprint density at radius 2 is 1.93 bits per heavy atom. The zero-order valence-corrected chi connectivity index (χ0v) is 15.2. The predicted octanol–water partition coefficient (Wildman–Crippen LogP) is 3.56. The fourth-order valence-corrected chi connectivity index (χ4v) is 3.60. The van der Waals surface area contributed by atoms with Crippen molar-refractivity contribution in [1.29, 1.82) is 0 Å². The normalized spacial score (nSPS) is 13.5. The van der Waals surface area contributed by atoms with Gasteiger partial charge in [0.15, 0.2) is 5.13 Å². The average Bonchev–Trinajstić information content (AvgIpc) is 3.09. The van der Waals surface area contributed by atoms with Crippen molar-refractivity contribution < 1.29 is 14.3 Å². The highest BCUT2D eigenvalue weighted by molar-refractivity contribution is 7.14. The van der Waals surface area contributed by atoms with E-state index in [9.17, 15) is 9.59 Å². The van der Waals surface area contributed by atoms with E-state index in [1.54, 1.807) is 12.1 Å². The molecule has 0 bridgehead atoms. The zero-order chi connectivity index (χ0) is 18.6. The minimum atomic E-state index is -0.297. The molecule has 136 valence electrons. The van der Waals surface area contributed by atoms with Gasteiger partial charge in [-0.2, -0.15) is 0 Å². The number of hydrogen-bond donors (Lipinski definition) is 1. The highest BCUT2D eigenvalue weighted by atomic mass is 32.1. The Balaban J connectivity index is 1.48. The monoisotopic (exact) mass is 379 g/mol. The van der Waals surface area contributed by atoms with Gasteiger partial charge in [0.2, 0.25) is 11.8 Å². The lowest BCUT2D eigenvalue weighted by Gasteiger charge is -2.20. The Morgan fingerprint density at radius 3 is 2.78 bits per heavy atom. The molecule has 4 rings (SSSR count). The molecule has 2 amide bonds. The summed E-state index contributed by atoms with van der Waals surface area (Å²) in [7, 11) is 0. The molecule has 0 spiro atoms. The van der Waals surface area contributed by atoms with Gasteiger partial charge < -0.3 is 10.1 Å². The average molecular weight is 379 g/mol. The van der Waals surface area contributed by atoms with E-state index in [-0.39, 0.29) is 24.8 Å². The summed E-state index contributed by atoms with van der Waals surface area (Å²) in [4.78, 5) is 30.8. The maximum atomic E-state index is 12.5. The molecule has 0 aliphatic carbocycles. The molecule has 1 aliphatic rings. The number of nitrogens with one attached hydrogen (secondary N) is 1. The third-order valence-corrected chi connectivity index (χ3v) is 4.91. The van der Waals surface area contributed by atoms with Crippen molar-refractivity contribution in [2.75, 3.05) is 23.4 Å². The van der Waals surface area contributed by atoms with Gasteiger partial charge >= 0.3 is 0 Å². The van der Waals surface area contributed by atoms with Crippen LogP contribution in [0.5, 0.6) is 5.75 Å². The Labute approximate surface area is 160 Å². The maximum absolute atomic E-state index is 12.5. The van der Waals surface area contributed by atoms with Crippen LogP contribution in [-0.4, -0.2) is 29.9 Å². The summed E-state index contributed by atoms with van der Waals surface area (Å²) in [5.74, 6) is 0.171. The van der Waals surface area contributed by atoms with Crippen molar-refractivity contribution >= 4 is 34.0 Å². The third-order valence-electron chi connectivity index (χ3n) is 4.15. The van der Waals surface area contributed by atoms with Crippen LogP contribution in [0.4, 0.5) is 10.8 Å². The van der Waals surface area contributed by atoms with Crippen molar-refractivity contribution in [3.63, 3.8) is 0 Å². The number of aromatic nitrogens is 1. The van der Waals surface area contributed by atoms with E-state index >= 15 is 0 Å². The summed E-state index contributed by atoms with van der Waals surface area (Å²) in [6.45, 7) is 0.223. The molecule has 0 unspecified atom stereocenters. The van der Waals surface area contributed by atoms with Gasteiger partial charge in [-0.1, -0.05) is 42.5 Å². The molecule has 7 heteroatoms. The van der Waals surface area contributed by atoms with Crippen LogP contribution in [0.2, 0.25) is 0 Å². The standard InChI is InChI=1S/C20H17N3O3S/c24-18(22-20-21-15(13-27-20)14-6-2-1-3-7-14)12-23-16-8-4-5-9-17(16)26-11-10-19(23)25/h1-9,13H,10-12H2,(H,21,22,24). The Morgan fingerprint density at radius 1 is 1.15 bits per heavy atom. The highest BCUT2D eigenvalue weighted by Gasteiger charge is 2.25. The van der Waals surface area contributed by atoms with Crippen LogP contribution in [0.3, 0.4) is 0 Å². The van der Waals surface area contributed by atoms with Crippen LogP contribution >= 0.6 is 11.3 Å². The van der Waals surface area contributed by atoms with Crippen molar-refractivity contribution in [2.24, 2.45) is 0 Å². The zero-order valence-electron chi connectivity index (χ0n) is 14.4. The van der Waals surface area contributed by atoms with Gasteiger partial charge in [-0.3, -0.25) is 14.5 Å². The van der Waals surface area contributed by atoms with Gasteiger partial charge in [0.1, 0.15) is 12.3 Å². The van der Waals surface area contributed by atoms with Crippen molar-refractivity contribution in [3.8, 4) is 17.0 Å².